The van der Waals surface area contributed by atoms with E-state index >= 15 is 0 Å². The Hall–Kier alpha value is -0.660. The van der Waals surface area contributed by atoms with Gasteiger partial charge in [0.15, 0.2) is 0 Å². The minimum Gasteiger partial charge on any atom is -0.459 e. The Morgan fingerprint density at radius 2 is 2.43 bits per heavy atom. The molecule has 1 aliphatic heterocycles. The summed E-state index contributed by atoms with van der Waals surface area (Å²) in [4.78, 5) is 0. The van der Waals surface area contributed by atoms with Gasteiger partial charge in [-0.05, 0) is 6.92 Å². The number of allylic oxidation sites excluding steroid dienone is 1. The van der Waals surface area contributed by atoms with Gasteiger partial charge >= 0.3 is 0 Å². The first-order valence-corrected chi connectivity index (χ1v) is 2.28. The molecule has 0 bridgehead atoms. The zero-order valence-corrected chi connectivity index (χ0v) is 4.47. The normalized spacial score (nSPS) is 28.3. The van der Waals surface area contributed by atoms with Gasteiger partial charge < -0.3 is 9.47 Å². The van der Waals surface area contributed by atoms with Crippen LogP contribution in [0, 0.1) is 0 Å². The summed E-state index contributed by atoms with van der Waals surface area (Å²) < 4.78 is 9.88. The molecule has 0 fully saturated rings. The highest BCUT2D eigenvalue weighted by atomic mass is 16.7. The predicted octanol–water partition coefficient (Wildman–Crippen LogP) is 1.24. The molecular weight excluding hydrogens is 92.1 g/mol. The largest absolute Gasteiger partial charge is 0.459 e. The maximum Gasteiger partial charge on any atom is 0.237 e. The molecule has 1 rings (SSSR count). The lowest BCUT2D eigenvalue weighted by Crippen LogP contribution is -1.99. The van der Waals surface area contributed by atoms with Gasteiger partial charge in [-0.3, -0.25) is 0 Å². The van der Waals surface area contributed by atoms with E-state index in [4.69, 9.17) is 9.47 Å². The Bertz CT molecular complexity index is 96.3. The molecule has 0 aromatic heterocycles. The average molecular weight is 100 g/mol. The Balaban J connectivity index is 2.42. The summed E-state index contributed by atoms with van der Waals surface area (Å²) in [5, 5.41) is 0. The molecule has 1 aliphatic rings. The SMILES string of the molecule is CC1=CO[C@H](C)O1. The van der Waals surface area contributed by atoms with Crippen molar-refractivity contribution in [1.82, 2.24) is 0 Å². The second-order valence-corrected chi connectivity index (χ2v) is 1.55. The van der Waals surface area contributed by atoms with Crippen molar-refractivity contribution >= 4 is 0 Å². The summed E-state index contributed by atoms with van der Waals surface area (Å²) in [6, 6.07) is 0. The highest BCUT2D eigenvalue weighted by molar-refractivity contribution is 4.85. The maximum absolute atomic E-state index is 5.00. The first kappa shape index (κ1) is 4.50. The Labute approximate surface area is 42.7 Å². The number of ether oxygens (including phenoxy) is 2. The molecule has 0 N–H and O–H groups in total. The van der Waals surface area contributed by atoms with E-state index < -0.39 is 0 Å². The average Bonchev–Trinajstić information content (AvgIpc) is 1.87. The smallest absolute Gasteiger partial charge is 0.237 e. The fourth-order valence-corrected chi connectivity index (χ4v) is 0.509. The molecule has 1 atom stereocenters. The third-order valence-electron chi connectivity index (χ3n) is 0.777. The molecule has 2 heteroatoms. The molecule has 0 spiro atoms. The van der Waals surface area contributed by atoms with E-state index in [-0.39, 0.29) is 6.29 Å². The van der Waals surface area contributed by atoms with Crippen LogP contribution in [-0.2, 0) is 9.47 Å². The summed E-state index contributed by atoms with van der Waals surface area (Å²) in [7, 11) is 0. The highest BCUT2D eigenvalue weighted by Gasteiger charge is 2.07. The fraction of sp³-hybridized carbons (Fsp3) is 0.600. The van der Waals surface area contributed by atoms with Gasteiger partial charge in [-0.25, -0.2) is 0 Å². The Morgan fingerprint density at radius 3 is 2.57 bits per heavy atom. The topological polar surface area (TPSA) is 18.5 Å². The molecular formula is C5H8O2. The van der Waals surface area contributed by atoms with Crippen molar-refractivity contribution in [3.8, 4) is 0 Å². The van der Waals surface area contributed by atoms with E-state index in [1.54, 1.807) is 6.26 Å². The summed E-state index contributed by atoms with van der Waals surface area (Å²) in [5.74, 6) is 0.854. The Morgan fingerprint density at radius 1 is 1.71 bits per heavy atom. The first-order chi connectivity index (χ1) is 3.29. The molecule has 0 radical (unpaired) electrons. The molecule has 0 aromatic rings. The van der Waals surface area contributed by atoms with E-state index in [1.807, 2.05) is 13.8 Å². The molecule has 2 nitrogen and oxygen atoms in total. The van der Waals surface area contributed by atoms with Crippen LogP contribution in [0.3, 0.4) is 0 Å². The highest BCUT2D eigenvalue weighted by Crippen LogP contribution is 2.10. The molecule has 40 valence electrons. The van der Waals surface area contributed by atoms with Gasteiger partial charge in [0.2, 0.25) is 6.29 Å². The lowest BCUT2D eigenvalue weighted by atomic mass is 10.6. The number of hydrogen-bond donors (Lipinski definition) is 0. The van der Waals surface area contributed by atoms with Gasteiger partial charge in [0.25, 0.3) is 0 Å². The van der Waals surface area contributed by atoms with Crippen molar-refractivity contribution in [3.63, 3.8) is 0 Å². The summed E-state index contributed by atoms with van der Waals surface area (Å²) >= 11 is 0. The van der Waals surface area contributed by atoms with Crippen molar-refractivity contribution < 1.29 is 9.47 Å². The van der Waals surface area contributed by atoms with Gasteiger partial charge in [0.05, 0.1) is 0 Å². The quantitative estimate of drug-likeness (QED) is 0.456. The first-order valence-electron chi connectivity index (χ1n) is 2.28. The standard InChI is InChI=1S/C5H8O2/c1-4-3-6-5(2)7-4/h3,5H,1-2H3/t5-/m0/s1. The third-order valence-corrected chi connectivity index (χ3v) is 0.777. The van der Waals surface area contributed by atoms with Crippen molar-refractivity contribution in [3.05, 3.63) is 12.0 Å². The predicted molar refractivity (Wildman–Crippen MR) is 25.4 cm³/mol. The molecule has 7 heavy (non-hydrogen) atoms. The van der Waals surface area contributed by atoms with E-state index in [9.17, 15) is 0 Å². The third kappa shape index (κ3) is 0.856. The second kappa shape index (κ2) is 1.45. The van der Waals surface area contributed by atoms with Crippen molar-refractivity contribution in [1.29, 1.82) is 0 Å². The van der Waals surface area contributed by atoms with E-state index in [0.717, 1.165) is 5.76 Å². The van der Waals surface area contributed by atoms with E-state index in [1.165, 1.54) is 0 Å². The van der Waals surface area contributed by atoms with Gasteiger partial charge in [-0.15, -0.1) is 0 Å². The minimum absolute atomic E-state index is 0.0694. The van der Waals surface area contributed by atoms with Crippen molar-refractivity contribution in [2.24, 2.45) is 0 Å². The molecule has 0 amide bonds. The zero-order chi connectivity index (χ0) is 5.28. The molecule has 1 heterocycles. The van der Waals surface area contributed by atoms with Crippen LogP contribution in [0.2, 0.25) is 0 Å². The van der Waals surface area contributed by atoms with Gasteiger partial charge in [-0.2, -0.15) is 0 Å². The number of rotatable bonds is 0. The second-order valence-electron chi connectivity index (χ2n) is 1.55. The fourth-order valence-electron chi connectivity index (χ4n) is 0.509. The number of hydrogen-bond acceptors (Lipinski definition) is 2. The van der Waals surface area contributed by atoms with E-state index in [0.29, 0.717) is 0 Å². The lowest BCUT2D eigenvalue weighted by Gasteiger charge is -2.01. The van der Waals surface area contributed by atoms with E-state index in [2.05, 4.69) is 0 Å². The summed E-state index contributed by atoms with van der Waals surface area (Å²) in [6.07, 6.45) is 1.55. The maximum atomic E-state index is 5.00. The van der Waals surface area contributed by atoms with Crippen LogP contribution in [0.25, 0.3) is 0 Å². The monoisotopic (exact) mass is 100 g/mol. The molecule has 0 aromatic carbocycles. The van der Waals surface area contributed by atoms with Crippen LogP contribution >= 0.6 is 0 Å². The summed E-state index contributed by atoms with van der Waals surface area (Å²) in [5.41, 5.74) is 0. The van der Waals surface area contributed by atoms with Crippen molar-refractivity contribution in [2.75, 3.05) is 0 Å². The van der Waals surface area contributed by atoms with Gasteiger partial charge in [0, 0.05) is 6.92 Å². The molecule has 0 unspecified atom stereocenters. The van der Waals surface area contributed by atoms with Gasteiger partial charge in [0.1, 0.15) is 12.0 Å². The van der Waals surface area contributed by atoms with Gasteiger partial charge in [-0.1, -0.05) is 0 Å². The van der Waals surface area contributed by atoms with Crippen LogP contribution < -0.4 is 0 Å². The van der Waals surface area contributed by atoms with Crippen LogP contribution in [-0.4, -0.2) is 6.29 Å². The van der Waals surface area contributed by atoms with Crippen LogP contribution in [0.15, 0.2) is 12.0 Å². The van der Waals surface area contributed by atoms with Crippen LogP contribution in [0.5, 0.6) is 0 Å². The minimum atomic E-state index is -0.0694. The molecule has 0 aliphatic carbocycles. The lowest BCUT2D eigenvalue weighted by molar-refractivity contribution is -0.0144. The zero-order valence-electron chi connectivity index (χ0n) is 4.47. The Kier molecular flexibility index (Phi) is 0.929. The van der Waals surface area contributed by atoms with Crippen LogP contribution in [0.4, 0.5) is 0 Å². The molecule has 0 saturated heterocycles. The van der Waals surface area contributed by atoms with Crippen molar-refractivity contribution in [2.45, 2.75) is 20.1 Å². The molecule has 0 saturated carbocycles. The van der Waals surface area contributed by atoms with Crippen LogP contribution in [0.1, 0.15) is 13.8 Å². The summed E-state index contributed by atoms with van der Waals surface area (Å²) in [6.45, 7) is 3.72.